The molecule has 0 heterocycles. The van der Waals surface area contributed by atoms with Gasteiger partial charge in [-0.1, -0.05) is 56.3 Å². The molecule has 0 aliphatic carbocycles. The minimum Gasteiger partial charge on any atom is -0.465 e. The molecule has 3 heteroatoms. The topological polar surface area (TPSA) is 29.5 Å². The van der Waals surface area contributed by atoms with Gasteiger partial charge in [-0.25, -0.2) is 0 Å². The smallest absolute Gasteiger partial charge is 0.313 e. The predicted octanol–water partition coefficient (Wildman–Crippen LogP) is 5.06. The third kappa shape index (κ3) is 6.21. The maximum absolute atomic E-state index is 12.3. The molecular formula is C23H31NO2. The lowest BCUT2D eigenvalue weighted by atomic mass is 9.97. The molecule has 140 valence electrons. The Hall–Kier alpha value is -2.29. The van der Waals surface area contributed by atoms with E-state index in [9.17, 15) is 4.79 Å². The normalized spacial score (nSPS) is 12.0. The van der Waals surface area contributed by atoms with Crippen molar-refractivity contribution in [3.63, 3.8) is 0 Å². The molecule has 2 rings (SSSR count). The molecule has 0 saturated carbocycles. The summed E-state index contributed by atoms with van der Waals surface area (Å²) < 4.78 is 5.47. The van der Waals surface area contributed by atoms with Crippen molar-refractivity contribution in [1.29, 1.82) is 0 Å². The molecule has 0 aromatic heterocycles. The Morgan fingerprint density at radius 2 is 1.65 bits per heavy atom. The standard InChI is InChI=1S/C23H31NO2/c1-18(2)17-20-11-13-21(14-12-20)19(3)23(25)26-16-8-15-24(4)22-9-6-5-7-10-22/h5-7,9-14,18-19H,8,15-17H2,1-4H3. The lowest BCUT2D eigenvalue weighted by molar-refractivity contribution is -0.145. The zero-order valence-electron chi connectivity index (χ0n) is 16.4. The van der Waals surface area contributed by atoms with Crippen molar-refractivity contribution in [2.75, 3.05) is 25.1 Å². The number of nitrogens with zero attached hydrogens (tertiary/aromatic N) is 1. The van der Waals surface area contributed by atoms with Crippen LogP contribution in [0.25, 0.3) is 0 Å². The second kappa shape index (κ2) is 10.0. The molecule has 3 nitrogen and oxygen atoms in total. The summed E-state index contributed by atoms with van der Waals surface area (Å²) in [4.78, 5) is 14.5. The number of hydrogen-bond acceptors (Lipinski definition) is 3. The second-order valence-corrected chi connectivity index (χ2v) is 7.34. The number of para-hydroxylation sites is 1. The fourth-order valence-electron chi connectivity index (χ4n) is 2.96. The molecule has 1 unspecified atom stereocenters. The Bertz CT molecular complexity index is 664. The number of carbonyl (C=O) groups excluding carboxylic acids is 1. The van der Waals surface area contributed by atoms with Crippen molar-refractivity contribution in [3.05, 3.63) is 65.7 Å². The average molecular weight is 354 g/mol. The van der Waals surface area contributed by atoms with E-state index in [0.717, 1.165) is 24.9 Å². The van der Waals surface area contributed by atoms with Crippen LogP contribution in [-0.2, 0) is 16.0 Å². The fourth-order valence-corrected chi connectivity index (χ4v) is 2.96. The number of ether oxygens (including phenoxy) is 1. The van der Waals surface area contributed by atoms with E-state index in [1.54, 1.807) is 0 Å². The Morgan fingerprint density at radius 3 is 2.27 bits per heavy atom. The Kier molecular flexibility index (Phi) is 7.71. The number of rotatable bonds is 9. The van der Waals surface area contributed by atoms with E-state index >= 15 is 0 Å². The summed E-state index contributed by atoms with van der Waals surface area (Å²) in [6.45, 7) is 7.64. The summed E-state index contributed by atoms with van der Waals surface area (Å²) in [5, 5.41) is 0. The monoisotopic (exact) mass is 353 g/mol. The van der Waals surface area contributed by atoms with Gasteiger partial charge in [-0.05, 0) is 48.9 Å². The molecule has 0 aliphatic heterocycles. The Labute approximate surface area is 158 Å². The van der Waals surface area contributed by atoms with E-state index in [-0.39, 0.29) is 11.9 Å². The van der Waals surface area contributed by atoms with Gasteiger partial charge in [-0.15, -0.1) is 0 Å². The van der Waals surface area contributed by atoms with E-state index < -0.39 is 0 Å². The molecule has 0 amide bonds. The molecule has 0 bridgehead atoms. The van der Waals surface area contributed by atoms with Gasteiger partial charge in [0.1, 0.15) is 0 Å². The van der Waals surface area contributed by atoms with Crippen LogP contribution in [0.1, 0.15) is 44.2 Å². The molecule has 0 fully saturated rings. The van der Waals surface area contributed by atoms with E-state index in [1.807, 2.05) is 37.3 Å². The molecule has 0 aliphatic rings. The average Bonchev–Trinajstić information content (AvgIpc) is 2.65. The maximum atomic E-state index is 12.3. The fraction of sp³-hybridized carbons (Fsp3) is 0.435. The van der Waals surface area contributed by atoms with Crippen molar-refractivity contribution in [1.82, 2.24) is 0 Å². The molecule has 0 radical (unpaired) electrons. The number of carbonyl (C=O) groups is 1. The highest BCUT2D eigenvalue weighted by Crippen LogP contribution is 2.19. The lowest BCUT2D eigenvalue weighted by Gasteiger charge is -2.19. The highest BCUT2D eigenvalue weighted by atomic mass is 16.5. The molecule has 26 heavy (non-hydrogen) atoms. The van der Waals surface area contributed by atoms with E-state index in [0.29, 0.717) is 12.5 Å². The molecule has 0 saturated heterocycles. The Morgan fingerprint density at radius 1 is 1.00 bits per heavy atom. The van der Waals surface area contributed by atoms with Gasteiger partial charge >= 0.3 is 5.97 Å². The predicted molar refractivity (Wildman–Crippen MR) is 109 cm³/mol. The minimum absolute atomic E-state index is 0.149. The van der Waals surface area contributed by atoms with Crippen LogP contribution in [0.2, 0.25) is 0 Å². The van der Waals surface area contributed by atoms with E-state index in [4.69, 9.17) is 4.74 Å². The maximum Gasteiger partial charge on any atom is 0.313 e. The first kappa shape index (κ1) is 20.0. The number of esters is 1. The van der Waals surface area contributed by atoms with Gasteiger partial charge in [-0.2, -0.15) is 0 Å². The molecule has 0 N–H and O–H groups in total. The minimum atomic E-state index is -0.227. The van der Waals surface area contributed by atoms with Crippen molar-refractivity contribution >= 4 is 11.7 Å². The molecule has 2 aromatic rings. The van der Waals surface area contributed by atoms with Gasteiger partial charge in [0.05, 0.1) is 12.5 Å². The summed E-state index contributed by atoms with van der Waals surface area (Å²) in [5.74, 6) is 0.260. The van der Waals surface area contributed by atoms with Crippen molar-refractivity contribution in [2.45, 2.75) is 39.5 Å². The first-order chi connectivity index (χ1) is 12.5. The van der Waals surface area contributed by atoms with E-state index in [2.05, 4.69) is 50.1 Å². The summed E-state index contributed by atoms with van der Waals surface area (Å²) in [6, 6.07) is 18.6. The van der Waals surface area contributed by atoms with Crippen molar-refractivity contribution in [3.8, 4) is 0 Å². The van der Waals surface area contributed by atoms with Crippen LogP contribution in [0.3, 0.4) is 0 Å². The molecule has 1 atom stereocenters. The van der Waals surface area contributed by atoms with Crippen LogP contribution in [0.4, 0.5) is 5.69 Å². The largest absolute Gasteiger partial charge is 0.465 e. The summed E-state index contributed by atoms with van der Waals surface area (Å²) >= 11 is 0. The number of hydrogen-bond donors (Lipinski definition) is 0. The van der Waals surface area contributed by atoms with Crippen LogP contribution < -0.4 is 4.90 Å². The third-order valence-corrected chi connectivity index (χ3v) is 4.56. The third-order valence-electron chi connectivity index (χ3n) is 4.56. The van der Waals surface area contributed by atoms with Gasteiger partial charge < -0.3 is 9.64 Å². The number of anilines is 1. The molecule has 0 spiro atoms. The van der Waals surface area contributed by atoms with Gasteiger partial charge in [-0.3, -0.25) is 4.79 Å². The molecule has 2 aromatic carbocycles. The van der Waals surface area contributed by atoms with Crippen molar-refractivity contribution < 1.29 is 9.53 Å². The quantitative estimate of drug-likeness (QED) is 0.466. The Balaban J connectivity index is 1.75. The highest BCUT2D eigenvalue weighted by molar-refractivity contribution is 5.77. The summed E-state index contributed by atoms with van der Waals surface area (Å²) in [5.41, 5.74) is 3.51. The first-order valence-corrected chi connectivity index (χ1v) is 9.49. The molecular weight excluding hydrogens is 322 g/mol. The highest BCUT2D eigenvalue weighted by Gasteiger charge is 2.16. The van der Waals surface area contributed by atoms with Crippen LogP contribution in [0, 0.1) is 5.92 Å². The van der Waals surface area contributed by atoms with E-state index in [1.165, 1.54) is 11.3 Å². The lowest BCUT2D eigenvalue weighted by Crippen LogP contribution is -2.21. The SMILES string of the molecule is CC(C)Cc1ccc(C(C)C(=O)OCCCN(C)c2ccccc2)cc1. The van der Waals surface area contributed by atoms with Crippen LogP contribution in [0.5, 0.6) is 0 Å². The van der Waals surface area contributed by atoms with Crippen LogP contribution in [0.15, 0.2) is 54.6 Å². The van der Waals surface area contributed by atoms with Gasteiger partial charge in [0.15, 0.2) is 0 Å². The van der Waals surface area contributed by atoms with Gasteiger partial charge in [0.2, 0.25) is 0 Å². The zero-order chi connectivity index (χ0) is 18.9. The summed E-state index contributed by atoms with van der Waals surface area (Å²) in [7, 11) is 2.05. The van der Waals surface area contributed by atoms with Gasteiger partial charge in [0, 0.05) is 19.3 Å². The van der Waals surface area contributed by atoms with Gasteiger partial charge in [0.25, 0.3) is 0 Å². The van der Waals surface area contributed by atoms with Crippen LogP contribution in [-0.4, -0.2) is 26.2 Å². The zero-order valence-corrected chi connectivity index (χ0v) is 16.4. The first-order valence-electron chi connectivity index (χ1n) is 9.49. The van der Waals surface area contributed by atoms with Crippen molar-refractivity contribution in [2.24, 2.45) is 5.92 Å². The second-order valence-electron chi connectivity index (χ2n) is 7.34. The summed E-state index contributed by atoms with van der Waals surface area (Å²) in [6.07, 6.45) is 1.88. The van der Waals surface area contributed by atoms with Crippen LogP contribution >= 0.6 is 0 Å². The number of benzene rings is 2.